The fraction of sp³-hybridized carbons (Fsp3) is 0.733. The molecule has 0 bridgehead atoms. The Balaban J connectivity index is 2.18. The van der Waals surface area contributed by atoms with Crippen LogP contribution in [0.4, 0.5) is 0 Å². The topological polar surface area (TPSA) is 35.1 Å². The molecule has 0 aliphatic heterocycles. The first kappa shape index (κ1) is 15.7. The van der Waals surface area contributed by atoms with Crippen LogP contribution >= 0.6 is 0 Å². The van der Waals surface area contributed by atoms with Gasteiger partial charge in [0.25, 0.3) is 0 Å². The van der Waals surface area contributed by atoms with E-state index in [-0.39, 0.29) is 5.97 Å². The summed E-state index contributed by atoms with van der Waals surface area (Å²) in [5.74, 6) is -0.176. The zero-order valence-electron chi connectivity index (χ0n) is 12.3. The molecule has 0 atom stereocenters. The Labute approximate surface area is 116 Å². The number of ether oxygens (including phenoxy) is 1. The van der Waals surface area contributed by atoms with Crippen LogP contribution in [0.5, 0.6) is 0 Å². The van der Waals surface area contributed by atoms with Crippen molar-refractivity contribution in [2.45, 2.75) is 65.5 Å². The van der Waals surface area contributed by atoms with Gasteiger partial charge in [-0.25, -0.2) is 13.9 Å². The monoisotopic (exact) mass is 267 g/mol. The van der Waals surface area contributed by atoms with Crippen LogP contribution in [0.1, 0.15) is 52.4 Å². The lowest BCUT2D eigenvalue weighted by molar-refractivity contribution is -0.685. The Morgan fingerprint density at radius 1 is 1.16 bits per heavy atom. The van der Waals surface area contributed by atoms with Crippen molar-refractivity contribution in [1.82, 2.24) is 4.57 Å². The number of rotatable bonds is 10. The zero-order valence-corrected chi connectivity index (χ0v) is 12.3. The van der Waals surface area contributed by atoms with Gasteiger partial charge in [-0.3, -0.25) is 0 Å². The number of nitrogens with zero attached hydrogens (tertiary/aromatic N) is 2. The average molecular weight is 267 g/mol. The molecule has 0 N–H and O–H groups in total. The van der Waals surface area contributed by atoms with Crippen LogP contribution in [0.2, 0.25) is 0 Å². The summed E-state index contributed by atoms with van der Waals surface area (Å²) in [7, 11) is 0. The van der Waals surface area contributed by atoms with Gasteiger partial charge in [0.2, 0.25) is 6.33 Å². The third-order valence-corrected chi connectivity index (χ3v) is 3.13. The molecule has 4 heteroatoms. The number of hydrogen-bond donors (Lipinski definition) is 0. The molecule has 0 fully saturated rings. The fourth-order valence-corrected chi connectivity index (χ4v) is 2.09. The van der Waals surface area contributed by atoms with E-state index in [0.717, 1.165) is 6.54 Å². The van der Waals surface area contributed by atoms with Crippen molar-refractivity contribution in [1.29, 1.82) is 0 Å². The van der Waals surface area contributed by atoms with Gasteiger partial charge in [-0.15, -0.1) is 0 Å². The van der Waals surface area contributed by atoms with Crippen molar-refractivity contribution < 1.29 is 14.1 Å². The zero-order chi connectivity index (χ0) is 13.9. The van der Waals surface area contributed by atoms with Crippen LogP contribution < -0.4 is 4.57 Å². The Bertz CT molecular complexity index is 361. The number of esters is 1. The van der Waals surface area contributed by atoms with Crippen molar-refractivity contribution in [2.24, 2.45) is 0 Å². The minimum absolute atomic E-state index is 0.176. The number of carbonyl (C=O) groups excluding carboxylic acids is 1. The molecule has 19 heavy (non-hydrogen) atoms. The summed E-state index contributed by atoms with van der Waals surface area (Å²) in [5.41, 5.74) is 0. The molecule has 1 heterocycles. The van der Waals surface area contributed by atoms with Crippen molar-refractivity contribution in [3.63, 3.8) is 0 Å². The summed E-state index contributed by atoms with van der Waals surface area (Å²) in [6, 6.07) is 0. The molecular formula is C15H27N2O2+. The lowest BCUT2D eigenvalue weighted by Crippen LogP contribution is -2.36. The van der Waals surface area contributed by atoms with Crippen molar-refractivity contribution in [2.75, 3.05) is 6.61 Å². The van der Waals surface area contributed by atoms with E-state index in [4.69, 9.17) is 4.74 Å². The maximum atomic E-state index is 11.3. The number of hydrogen-bond acceptors (Lipinski definition) is 2. The van der Waals surface area contributed by atoms with Crippen LogP contribution in [0, 0.1) is 0 Å². The van der Waals surface area contributed by atoms with Crippen LogP contribution in [-0.2, 0) is 22.6 Å². The molecule has 0 unspecified atom stereocenters. The van der Waals surface area contributed by atoms with E-state index in [1.54, 1.807) is 0 Å². The molecule has 0 aromatic carbocycles. The van der Waals surface area contributed by atoms with E-state index in [1.165, 1.54) is 38.5 Å². The highest BCUT2D eigenvalue weighted by molar-refractivity contribution is 5.67. The first-order chi connectivity index (χ1) is 9.26. The van der Waals surface area contributed by atoms with Crippen LogP contribution in [0.25, 0.3) is 0 Å². The van der Waals surface area contributed by atoms with Crippen LogP contribution in [0.3, 0.4) is 0 Å². The second-order valence-electron chi connectivity index (χ2n) is 4.90. The third kappa shape index (κ3) is 6.99. The highest BCUT2D eigenvalue weighted by atomic mass is 16.5. The summed E-state index contributed by atoms with van der Waals surface area (Å²) in [4.78, 5) is 11.3. The van der Waals surface area contributed by atoms with E-state index in [1.807, 2.05) is 30.2 Å². The van der Waals surface area contributed by atoms with Crippen molar-refractivity contribution >= 4 is 5.97 Å². The van der Waals surface area contributed by atoms with Gasteiger partial charge >= 0.3 is 5.97 Å². The second-order valence-corrected chi connectivity index (χ2v) is 4.90. The molecule has 0 amide bonds. The fourth-order valence-electron chi connectivity index (χ4n) is 2.09. The van der Waals surface area contributed by atoms with E-state index in [0.29, 0.717) is 13.2 Å². The van der Waals surface area contributed by atoms with Gasteiger partial charge in [0.05, 0.1) is 13.2 Å². The lowest BCUT2D eigenvalue weighted by Gasteiger charge is -1.99. The molecule has 0 saturated heterocycles. The Morgan fingerprint density at radius 2 is 1.89 bits per heavy atom. The van der Waals surface area contributed by atoms with Crippen molar-refractivity contribution in [3.8, 4) is 0 Å². The van der Waals surface area contributed by atoms with E-state index in [9.17, 15) is 4.79 Å². The Morgan fingerprint density at radius 3 is 2.63 bits per heavy atom. The van der Waals surface area contributed by atoms with Crippen molar-refractivity contribution in [3.05, 3.63) is 18.7 Å². The largest absolute Gasteiger partial charge is 0.463 e. The summed E-state index contributed by atoms with van der Waals surface area (Å²) in [6.07, 6.45) is 13.7. The number of unbranched alkanes of at least 4 members (excludes halogenated alkanes) is 5. The number of aromatic nitrogens is 2. The number of imidazole rings is 1. The molecule has 0 spiro atoms. The molecular weight excluding hydrogens is 240 g/mol. The van der Waals surface area contributed by atoms with E-state index < -0.39 is 0 Å². The van der Waals surface area contributed by atoms with Gasteiger partial charge in [-0.1, -0.05) is 32.6 Å². The van der Waals surface area contributed by atoms with Gasteiger partial charge in [-0.2, -0.15) is 0 Å². The first-order valence-corrected chi connectivity index (χ1v) is 7.46. The van der Waals surface area contributed by atoms with E-state index >= 15 is 0 Å². The molecule has 1 aromatic rings. The predicted molar refractivity (Wildman–Crippen MR) is 74.6 cm³/mol. The highest BCUT2D eigenvalue weighted by Gasteiger charge is 2.09. The number of carbonyl (C=O) groups is 1. The molecule has 0 radical (unpaired) electrons. The molecule has 0 saturated carbocycles. The lowest BCUT2D eigenvalue weighted by atomic mass is 10.1. The van der Waals surface area contributed by atoms with Crippen LogP contribution in [-0.4, -0.2) is 17.1 Å². The molecule has 0 aliphatic rings. The van der Waals surface area contributed by atoms with Gasteiger partial charge < -0.3 is 4.74 Å². The average Bonchev–Trinajstić information content (AvgIpc) is 2.81. The molecule has 108 valence electrons. The van der Waals surface area contributed by atoms with Gasteiger partial charge in [0.15, 0.2) is 6.54 Å². The summed E-state index contributed by atoms with van der Waals surface area (Å²) in [5, 5.41) is 0. The molecule has 1 rings (SSSR count). The Kier molecular flexibility index (Phi) is 7.94. The second kappa shape index (κ2) is 9.59. The van der Waals surface area contributed by atoms with Gasteiger partial charge in [0.1, 0.15) is 12.4 Å². The minimum atomic E-state index is -0.176. The summed E-state index contributed by atoms with van der Waals surface area (Å²) >= 11 is 0. The molecule has 0 aliphatic carbocycles. The maximum absolute atomic E-state index is 11.3. The third-order valence-electron chi connectivity index (χ3n) is 3.13. The molecule has 1 aromatic heterocycles. The Hall–Kier alpha value is -1.32. The maximum Gasteiger partial charge on any atom is 0.348 e. The number of aryl methyl sites for hydroxylation is 1. The predicted octanol–water partition coefficient (Wildman–Crippen LogP) is 2.70. The van der Waals surface area contributed by atoms with Gasteiger partial charge in [-0.05, 0) is 19.8 Å². The van der Waals surface area contributed by atoms with E-state index in [2.05, 4.69) is 11.5 Å². The van der Waals surface area contributed by atoms with Gasteiger partial charge in [0, 0.05) is 0 Å². The smallest absolute Gasteiger partial charge is 0.348 e. The first-order valence-electron chi connectivity index (χ1n) is 7.46. The SMILES string of the molecule is CCCCCCCCn1cc[n+](CC(=O)OCC)c1. The quantitative estimate of drug-likeness (QED) is 0.371. The summed E-state index contributed by atoms with van der Waals surface area (Å²) in [6.45, 7) is 5.84. The minimum Gasteiger partial charge on any atom is -0.463 e. The van der Waals surface area contributed by atoms with Crippen LogP contribution in [0.15, 0.2) is 18.7 Å². The normalized spacial score (nSPS) is 10.6. The highest BCUT2D eigenvalue weighted by Crippen LogP contribution is 2.05. The molecule has 4 nitrogen and oxygen atoms in total. The summed E-state index contributed by atoms with van der Waals surface area (Å²) < 4.78 is 8.93. The standard InChI is InChI=1S/C15H27N2O2/c1-3-5-6-7-8-9-10-16-11-12-17(14-16)13-15(18)19-4-2/h11-12,14H,3-10,13H2,1-2H3/q+1.